The van der Waals surface area contributed by atoms with Gasteiger partial charge in [-0.1, -0.05) is 6.07 Å². The maximum atomic E-state index is 12.5. The zero-order valence-electron chi connectivity index (χ0n) is 12.9. The van der Waals surface area contributed by atoms with Crippen LogP contribution in [0.15, 0.2) is 55.0 Å². The van der Waals surface area contributed by atoms with Gasteiger partial charge in [-0.3, -0.25) is 14.8 Å². The molecule has 0 aliphatic rings. The normalized spacial score (nSPS) is 10.0. The Morgan fingerprint density at radius 3 is 2.88 bits per heavy atom. The lowest BCUT2D eigenvalue weighted by molar-refractivity contribution is 0.102. The topological polar surface area (TPSA) is 91.6 Å². The van der Waals surface area contributed by atoms with Crippen molar-refractivity contribution in [1.29, 1.82) is 5.26 Å². The predicted octanol–water partition coefficient (Wildman–Crippen LogP) is 3.46. The van der Waals surface area contributed by atoms with E-state index in [2.05, 4.69) is 20.3 Å². The summed E-state index contributed by atoms with van der Waals surface area (Å²) < 4.78 is 0. The highest BCUT2D eigenvalue weighted by atomic mass is 16.1. The van der Waals surface area contributed by atoms with E-state index < -0.39 is 0 Å². The summed E-state index contributed by atoms with van der Waals surface area (Å²) in [6.07, 6.45) is 4.94. The first-order valence-corrected chi connectivity index (χ1v) is 7.23. The molecule has 6 heteroatoms. The first-order valence-electron chi connectivity index (χ1n) is 7.23. The van der Waals surface area contributed by atoms with Crippen LogP contribution in [0, 0.1) is 18.3 Å². The second-order valence-corrected chi connectivity index (χ2v) is 5.08. The van der Waals surface area contributed by atoms with E-state index >= 15 is 0 Å². The molecule has 0 spiro atoms. The second kappa shape index (κ2) is 6.67. The Balaban J connectivity index is 0.00000169. The van der Waals surface area contributed by atoms with Crippen molar-refractivity contribution in [2.24, 2.45) is 0 Å². The lowest BCUT2D eigenvalue weighted by atomic mass is 10.2. The van der Waals surface area contributed by atoms with Gasteiger partial charge in [-0.25, -0.2) is 4.98 Å². The van der Waals surface area contributed by atoms with Crippen LogP contribution >= 0.6 is 0 Å². The zero-order valence-corrected chi connectivity index (χ0v) is 12.9. The molecule has 0 aliphatic carbocycles. The molecule has 3 aromatic rings. The van der Waals surface area contributed by atoms with Crippen LogP contribution in [0.25, 0.3) is 11.3 Å². The van der Waals surface area contributed by atoms with Crippen molar-refractivity contribution >= 4 is 11.6 Å². The molecule has 0 fully saturated rings. The second-order valence-electron chi connectivity index (χ2n) is 5.08. The number of hydrogen-bond donors (Lipinski definition) is 1. The van der Waals surface area contributed by atoms with Gasteiger partial charge >= 0.3 is 0 Å². The molecular formula is C18H17N5O. The highest BCUT2D eigenvalue weighted by molar-refractivity contribution is 6.03. The zero-order chi connectivity index (χ0) is 16.9. The van der Waals surface area contributed by atoms with Crippen molar-refractivity contribution in [3.8, 4) is 17.3 Å². The predicted molar refractivity (Wildman–Crippen MR) is 93.3 cm³/mol. The summed E-state index contributed by atoms with van der Waals surface area (Å²) in [5, 5.41) is 11.7. The first kappa shape index (κ1) is 15.3. The number of carbonyl (C=O) groups is 1. The summed E-state index contributed by atoms with van der Waals surface area (Å²) in [4.78, 5) is 25.2. The minimum Gasteiger partial charge on any atom is -0.321 e. The minimum atomic E-state index is -0.374. The Hall–Kier alpha value is -3.59. The molecule has 0 aliphatic heterocycles. The third-order valence-electron chi connectivity index (χ3n) is 3.38. The number of nitrogens with one attached hydrogen (secondary N) is 1. The van der Waals surface area contributed by atoms with Crippen LogP contribution in [0.4, 0.5) is 5.69 Å². The van der Waals surface area contributed by atoms with Crippen LogP contribution < -0.4 is 5.32 Å². The van der Waals surface area contributed by atoms with Gasteiger partial charge in [0.25, 0.3) is 5.91 Å². The van der Waals surface area contributed by atoms with E-state index in [1.807, 2.05) is 12.1 Å². The molecule has 0 saturated heterocycles. The number of nitrogens with zero attached hydrogens (tertiary/aromatic N) is 4. The molecule has 3 rings (SSSR count). The number of aryl methyl sites for hydroxylation is 1. The van der Waals surface area contributed by atoms with E-state index in [0.717, 1.165) is 5.56 Å². The van der Waals surface area contributed by atoms with Crippen LogP contribution in [0.1, 0.15) is 24.6 Å². The van der Waals surface area contributed by atoms with Gasteiger partial charge in [0, 0.05) is 26.5 Å². The highest BCUT2D eigenvalue weighted by Gasteiger charge is 2.14. The molecule has 6 nitrogen and oxygen atoms in total. The number of nitriles is 1. The molecule has 24 heavy (non-hydrogen) atoms. The van der Waals surface area contributed by atoms with Gasteiger partial charge < -0.3 is 5.32 Å². The number of aromatic nitrogens is 3. The molecule has 2 aromatic heterocycles. The van der Waals surface area contributed by atoms with Crippen molar-refractivity contribution in [1.82, 2.24) is 15.0 Å². The first-order chi connectivity index (χ1) is 11.7. The summed E-state index contributed by atoms with van der Waals surface area (Å²) in [5.41, 5.74) is 3.12. The molecule has 0 bridgehead atoms. The molecule has 1 N–H and O–H groups in total. The van der Waals surface area contributed by atoms with Crippen molar-refractivity contribution < 1.29 is 7.65 Å². The van der Waals surface area contributed by atoms with Crippen LogP contribution in [-0.4, -0.2) is 20.9 Å². The summed E-state index contributed by atoms with van der Waals surface area (Å²) in [7, 11) is 0. The van der Waals surface area contributed by atoms with E-state index in [-0.39, 0.29) is 14.5 Å². The Bertz CT molecular complexity index is 942. The van der Waals surface area contributed by atoms with Crippen molar-refractivity contribution in [2.75, 3.05) is 5.32 Å². The average molecular weight is 319 g/mol. The van der Waals surface area contributed by atoms with Crippen molar-refractivity contribution in [3.63, 3.8) is 0 Å². The molecular weight excluding hydrogens is 302 g/mol. The quantitative estimate of drug-likeness (QED) is 0.798. The van der Waals surface area contributed by atoms with E-state index in [9.17, 15) is 4.79 Å². The Kier molecular flexibility index (Phi) is 4.25. The Morgan fingerprint density at radius 1 is 1.25 bits per heavy atom. The number of amides is 1. The van der Waals surface area contributed by atoms with E-state index in [4.69, 9.17) is 5.26 Å². The van der Waals surface area contributed by atoms with Crippen molar-refractivity contribution in [3.05, 3.63) is 71.9 Å². The lowest BCUT2D eigenvalue weighted by Gasteiger charge is -2.08. The maximum absolute atomic E-state index is 12.5. The number of hydrogen-bond acceptors (Lipinski definition) is 5. The number of rotatable bonds is 3. The third kappa shape index (κ3) is 3.25. The number of anilines is 1. The Morgan fingerprint density at radius 2 is 2.12 bits per heavy atom. The van der Waals surface area contributed by atoms with E-state index in [0.29, 0.717) is 22.6 Å². The van der Waals surface area contributed by atoms with Crippen molar-refractivity contribution in [2.45, 2.75) is 6.92 Å². The molecule has 0 unspecified atom stereocenters. The smallest absolute Gasteiger partial charge is 0.276 e. The maximum Gasteiger partial charge on any atom is 0.276 e. The number of pyridine rings is 1. The van der Waals surface area contributed by atoms with Crippen LogP contribution in [0.3, 0.4) is 0 Å². The minimum absolute atomic E-state index is 0. The lowest BCUT2D eigenvalue weighted by Crippen LogP contribution is -2.16. The van der Waals surface area contributed by atoms with Gasteiger partial charge in [0.1, 0.15) is 5.69 Å². The van der Waals surface area contributed by atoms with Gasteiger partial charge in [-0.05, 0) is 37.3 Å². The summed E-state index contributed by atoms with van der Waals surface area (Å²) in [6, 6.07) is 12.4. The standard InChI is InChI=1S/C18H13N5O.2H2/c1-12-17(18(24)22-15-6-2-4-13(8-15)9-19)23-16(11-21-12)14-5-3-7-20-10-14;;/h2-8,10-11H,1H3,(H,22,24);2*1H. The van der Waals surface area contributed by atoms with Crippen LogP contribution in [-0.2, 0) is 0 Å². The highest BCUT2D eigenvalue weighted by Crippen LogP contribution is 2.17. The SMILES string of the molecule is Cc1ncc(-c2cccnc2)nc1C(=O)Nc1cccc(C#N)c1.[HH].[HH]. The van der Waals surface area contributed by atoms with Gasteiger partial charge in [0.2, 0.25) is 0 Å². The average Bonchev–Trinajstić information content (AvgIpc) is 2.63. The largest absolute Gasteiger partial charge is 0.321 e. The summed E-state index contributed by atoms with van der Waals surface area (Å²) >= 11 is 0. The van der Waals surface area contributed by atoms with Gasteiger partial charge in [0.15, 0.2) is 0 Å². The number of benzene rings is 1. The fourth-order valence-electron chi connectivity index (χ4n) is 2.17. The third-order valence-corrected chi connectivity index (χ3v) is 3.38. The van der Waals surface area contributed by atoms with Gasteiger partial charge in [-0.15, -0.1) is 0 Å². The fourth-order valence-corrected chi connectivity index (χ4v) is 2.17. The van der Waals surface area contributed by atoms with Gasteiger partial charge in [-0.2, -0.15) is 5.26 Å². The molecule has 120 valence electrons. The molecule has 0 atom stereocenters. The molecule has 2 heterocycles. The molecule has 0 saturated carbocycles. The summed E-state index contributed by atoms with van der Waals surface area (Å²) in [5.74, 6) is -0.374. The fraction of sp³-hybridized carbons (Fsp3) is 0.0556. The molecule has 0 radical (unpaired) electrons. The Labute approximate surface area is 141 Å². The monoisotopic (exact) mass is 319 g/mol. The molecule has 1 aromatic carbocycles. The molecule has 1 amide bonds. The summed E-state index contributed by atoms with van der Waals surface area (Å²) in [6.45, 7) is 1.72. The van der Waals surface area contributed by atoms with Gasteiger partial charge in [0.05, 0.1) is 29.2 Å². The number of carbonyl (C=O) groups excluding carboxylic acids is 1. The van der Waals surface area contributed by atoms with Crippen LogP contribution in [0.5, 0.6) is 0 Å². The van der Waals surface area contributed by atoms with E-state index in [1.54, 1.807) is 55.8 Å². The van der Waals surface area contributed by atoms with Crippen LogP contribution in [0.2, 0.25) is 0 Å². The van der Waals surface area contributed by atoms with E-state index in [1.165, 1.54) is 0 Å².